The maximum Gasteiger partial charge on any atom is 0.191 e. The predicted octanol–water partition coefficient (Wildman–Crippen LogP) is 5.89. The molecule has 1 fully saturated rings. The van der Waals surface area contributed by atoms with E-state index in [1.807, 2.05) is 35.9 Å². The topological polar surface area (TPSA) is 39.9 Å². The minimum absolute atomic E-state index is 0.333. The Morgan fingerprint density at radius 3 is 2.61 bits per heavy atom. The van der Waals surface area contributed by atoms with Crippen LogP contribution in [0.15, 0.2) is 47.6 Å². The Morgan fingerprint density at radius 2 is 1.89 bits per heavy atom. The van der Waals surface area contributed by atoms with Crippen molar-refractivity contribution in [1.29, 1.82) is 0 Å². The highest BCUT2D eigenvalue weighted by molar-refractivity contribution is 7.98. The number of benzene rings is 2. The van der Waals surface area contributed by atoms with E-state index in [1.165, 1.54) is 36.7 Å². The highest BCUT2D eigenvalue weighted by Gasteiger charge is 2.17. The van der Waals surface area contributed by atoms with Crippen molar-refractivity contribution in [2.24, 2.45) is 7.05 Å². The molecule has 0 saturated heterocycles. The van der Waals surface area contributed by atoms with Gasteiger partial charge in [0.15, 0.2) is 11.0 Å². The van der Waals surface area contributed by atoms with Gasteiger partial charge in [0.2, 0.25) is 0 Å². The Morgan fingerprint density at radius 1 is 1.14 bits per heavy atom. The minimum Gasteiger partial charge on any atom is -0.490 e. The van der Waals surface area contributed by atoms with E-state index in [0.717, 1.165) is 40.7 Å². The van der Waals surface area contributed by atoms with Crippen LogP contribution in [0.1, 0.15) is 31.2 Å². The second-order valence-corrected chi connectivity index (χ2v) is 8.29. The Labute approximate surface area is 173 Å². The molecule has 0 bridgehead atoms. The van der Waals surface area contributed by atoms with E-state index in [0.29, 0.717) is 16.9 Å². The third kappa shape index (κ3) is 4.33. The molecule has 146 valence electrons. The number of hydrogen-bond donors (Lipinski definition) is 0. The SMILES string of the molecule is Cn1c(SCc2ccc(F)cc2Cl)nnc1-c1ccc(OC2CCCC2)cc1. The van der Waals surface area contributed by atoms with Crippen molar-refractivity contribution in [2.45, 2.75) is 42.7 Å². The zero-order chi connectivity index (χ0) is 19.5. The lowest BCUT2D eigenvalue weighted by Gasteiger charge is -2.13. The third-order valence-electron chi connectivity index (χ3n) is 4.92. The molecule has 0 aliphatic heterocycles. The standard InChI is InChI=1S/C21H21ClFN3OS/c1-26-20(14-7-10-18(11-8-14)27-17-4-2-3-5-17)24-25-21(26)28-13-15-6-9-16(23)12-19(15)22/h6-12,17H,2-5,13H2,1H3. The van der Waals surface area contributed by atoms with Crippen LogP contribution in [-0.4, -0.2) is 20.9 Å². The smallest absolute Gasteiger partial charge is 0.191 e. The molecule has 1 saturated carbocycles. The predicted molar refractivity (Wildman–Crippen MR) is 110 cm³/mol. The summed E-state index contributed by atoms with van der Waals surface area (Å²) in [6.45, 7) is 0. The van der Waals surface area contributed by atoms with Crippen LogP contribution in [0, 0.1) is 5.82 Å². The lowest BCUT2D eigenvalue weighted by molar-refractivity contribution is 0.210. The van der Waals surface area contributed by atoms with Gasteiger partial charge in [-0.05, 0) is 67.6 Å². The number of thioether (sulfide) groups is 1. The summed E-state index contributed by atoms with van der Waals surface area (Å²) in [6, 6.07) is 12.5. The quantitative estimate of drug-likeness (QED) is 0.469. The normalized spacial score (nSPS) is 14.5. The van der Waals surface area contributed by atoms with Crippen LogP contribution in [-0.2, 0) is 12.8 Å². The highest BCUT2D eigenvalue weighted by Crippen LogP contribution is 2.30. The minimum atomic E-state index is -0.333. The van der Waals surface area contributed by atoms with E-state index < -0.39 is 0 Å². The van der Waals surface area contributed by atoms with Gasteiger partial charge in [-0.15, -0.1) is 10.2 Å². The zero-order valence-corrected chi connectivity index (χ0v) is 17.1. The van der Waals surface area contributed by atoms with Gasteiger partial charge in [-0.25, -0.2) is 4.39 Å². The molecule has 1 aromatic heterocycles. The number of rotatable bonds is 6. The van der Waals surface area contributed by atoms with Crippen LogP contribution in [0.25, 0.3) is 11.4 Å². The molecule has 1 heterocycles. The second kappa shape index (κ2) is 8.53. The molecule has 2 aromatic carbocycles. The Bertz CT molecular complexity index is 955. The first-order valence-electron chi connectivity index (χ1n) is 9.33. The van der Waals surface area contributed by atoms with Crippen molar-refractivity contribution in [2.75, 3.05) is 0 Å². The molecule has 4 nitrogen and oxygen atoms in total. The largest absolute Gasteiger partial charge is 0.490 e. The third-order valence-corrected chi connectivity index (χ3v) is 6.35. The summed E-state index contributed by atoms with van der Waals surface area (Å²) in [4.78, 5) is 0. The van der Waals surface area contributed by atoms with Gasteiger partial charge >= 0.3 is 0 Å². The number of aromatic nitrogens is 3. The van der Waals surface area contributed by atoms with Gasteiger partial charge in [-0.1, -0.05) is 29.4 Å². The van der Waals surface area contributed by atoms with Crippen molar-refractivity contribution >= 4 is 23.4 Å². The molecule has 3 aromatic rings. The summed E-state index contributed by atoms with van der Waals surface area (Å²) in [6.07, 6.45) is 5.14. The average Bonchev–Trinajstić information content (AvgIpc) is 3.32. The van der Waals surface area contributed by atoms with Crippen LogP contribution in [0.5, 0.6) is 5.75 Å². The second-order valence-electron chi connectivity index (χ2n) is 6.94. The Balaban J connectivity index is 1.44. The monoisotopic (exact) mass is 417 g/mol. The molecule has 1 aliphatic rings. The van der Waals surface area contributed by atoms with E-state index in [4.69, 9.17) is 16.3 Å². The van der Waals surface area contributed by atoms with Gasteiger partial charge in [-0.3, -0.25) is 0 Å². The Kier molecular flexibility index (Phi) is 5.87. The van der Waals surface area contributed by atoms with Crippen molar-refractivity contribution in [3.63, 3.8) is 0 Å². The van der Waals surface area contributed by atoms with Crippen LogP contribution >= 0.6 is 23.4 Å². The molecular weight excluding hydrogens is 397 g/mol. The fourth-order valence-corrected chi connectivity index (χ4v) is 4.58. The molecule has 28 heavy (non-hydrogen) atoms. The van der Waals surface area contributed by atoms with Crippen LogP contribution < -0.4 is 4.74 Å². The first-order chi connectivity index (χ1) is 13.6. The summed E-state index contributed by atoms with van der Waals surface area (Å²) in [5, 5.41) is 9.82. The van der Waals surface area contributed by atoms with E-state index in [1.54, 1.807) is 6.07 Å². The number of nitrogens with zero attached hydrogens (tertiary/aromatic N) is 3. The molecular formula is C21H21ClFN3OS. The van der Waals surface area contributed by atoms with Gasteiger partial charge in [0.05, 0.1) is 6.10 Å². The summed E-state index contributed by atoms with van der Waals surface area (Å²) in [5.74, 6) is 1.96. The van der Waals surface area contributed by atoms with Crippen LogP contribution in [0.3, 0.4) is 0 Å². The maximum absolute atomic E-state index is 13.2. The molecule has 0 amide bonds. The fraction of sp³-hybridized carbons (Fsp3) is 0.333. The van der Waals surface area contributed by atoms with Gasteiger partial charge in [0, 0.05) is 23.4 Å². The average molecular weight is 418 g/mol. The number of halogens is 2. The molecule has 0 radical (unpaired) electrons. The maximum atomic E-state index is 13.2. The summed E-state index contributed by atoms with van der Waals surface area (Å²) >= 11 is 7.62. The zero-order valence-electron chi connectivity index (χ0n) is 15.6. The van der Waals surface area contributed by atoms with Crippen LogP contribution in [0.2, 0.25) is 5.02 Å². The molecule has 0 N–H and O–H groups in total. The first kappa shape index (κ1) is 19.3. The van der Waals surface area contributed by atoms with E-state index in [9.17, 15) is 4.39 Å². The molecule has 1 aliphatic carbocycles. The molecule has 0 unspecified atom stereocenters. The van der Waals surface area contributed by atoms with Gasteiger partial charge in [-0.2, -0.15) is 0 Å². The van der Waals surface area contributed by atoms with E-state index in [2.05, 4.69) is 10.2 Å². The molecule has 4 rings (SSSR count). The van der Waals surface area contributed by atoms with E-state index in [-0.39, 0.29) is 5.82 Å². The Hall–Kier alpha value is -2.05. The lowest BCUT2D eigenvalue weighted by atomic mass is 10.2. The highest BCUT2D eigenvalue weighted by atomic mass is 35.5. The summed E-state index contributed by atoms with van der Waals surface area (Å²) in [5.41, 5.74) is 1.85. The lowest BCUT2D eigenvalue weighted by Crippen LogP contribution is -2.10. The summed E-state index contributed by atoms with van der Waals surface area (Å²) in [7, 11) is 1.94. The number of hydrogen-bond acceptors (Lipinski definition) is 4. The first-order valence-corrected chi connectivity index (χ1v) is 10.7. The molecule has 7 heteroatoms. The summed E-state index contributed by atoms with van der Waals surface area (Å²) < 4.78 is 21.2. The van der Waals surface area contributed by atoms with E-state index >= 15 is 0 Å². The van der Waals surface area contributed by atoms with Crippen molar-refractivity contribution in [3.8, 4) is 17.1 Å². The van der Waals surface area contributed by atoms with Crippen molar-refractivity contribution in [3.05, 3.63) is 58.9 Å². The molecule has 0 spiro atoms. The number of ether oxygens (including phenoxy) is 1. The molecule has 0 atom stereocenters. The van der Waals surface area contributed by atoms with Crippen molar-refractivity contribution in [1.82, 2.24) is 14.8 Å². The van der Waals surface area contributed by atoms with Gasteiger partial charge < -0.3 is 9.30 Å². The fourth-order valence-electron chi connectivity index (χ4n) is 3.35. The van der Waals surface area contributed by atoms with Crippen molar-refractivity contribution < 1.29 is 9.13 Å². The van der Waals surface area contributed by atoms with Crippen LogP contribution in [0.4, 0.5) is 4.39 Å². The van der Waals surface area contributed by atoms with Gasteiger partial charge in [0.25, 0.3) is 0 Å². The van der Waals surface area contributed by atoms with Gasteiger partial charge in [0.1, 0.15) is 11.6 Å².